The number of benzene rings is 3. The number of halogens is 3. The fourth-order valence-corrected chi connectivity index (χ4v) is 3.49. The van der Waals surface area contributed by atoms with Crippen LogP contribution in [0.2, 0.25) is 10.0 Å². The van der Waals surface area contributed by atoms with Gasteiger partial charge in [0.1, 0.15) is 5.82 Å². The summed E-state index contributed by atoms with van der Waals surface area (Å²) in [4.78, 5) is 14.6. The number of hydrogen-bond donors (Lipinski definition) is 0. The highest BCUT2D eigenvalue weighted by Crippen LogP contribution is 2.22. The van der Waals surface area contributed by atoms with Gasteiger partial charge in [0.05, 0.1) is 6.42 Å². The minimum atomic E-state index is -0.315. The lowest BCUT2D eigenvalue weighted by molar-refractivity contribution is -0.131. The van der Waals surface area contributed by atoms with Crippen LogP contribution in [0.25, 0.3) is 0 Å². The lowest BCUT2D eigenvalue weighted by atomic mass is 10.1. The van der Waals surface area contributed by atoms with Gasteiger partial charge in [0.2, 0.25) is 5.91 Å². The average molecular weight is 416 g/mol. The second-order valence-corrected chi connectivity index (χ2v) is 7.40. The van der Waals surface area contributed by atoms with Crippen molar-refractivity contribution in [3.05, 3.63) is 105 Å². The first-order chi connectivity index (χ1) is 13.5. The van der Waals surface area contributed by atoms with E-state index in [0.29, 0.717) is 28.6 Å². The molecule has 3 rings (SSSR count). The Morgan fingerprint density at radius 3 is 2.32 bits per heavy atom. The summed E-state index contributed by atoms with van der Waals surface area (Å²) in [5, 5.41) is 1.13. The van der Waals surface area contributed by atoms with Gasteiger partial charge in [0.15, 0.2) is 0 Å². The van der Waals surface area contributed by atoms with Crippen molar-refractivity contribution in [1.82, 2.24) is 4.90 Å². The third kappa shape index (κ3) is 5.57. The minimum absolute atomic E-state index is 0.0560. The van der Waals surface area contributed by atoms with Gasteiger partial charge in [-0.2, -0.15) is 0 Å². The minimum Gasteiger partial charge on any atom is -0.338 e. The molecule has 0 fully saturated rings. The van der Waals surface area contributed by atoms with Crippen molar-refractivity contribution in [3.8, 4) is 0 Å². The Morgan fingerprint density at radius 1 is 0.893 bits per heavy atom. The number of nitrogens with zero attached hydrogens (tertiary/aromatic N) is 1. The molecule has 1 amide bonds. The Hall–Kier alpha value is -2.36. The molecule has 3 aromatic rings. The van der Waals surface area contributed by atoms with Crippen LogP contribution in [-0.4, -0.2) is 17.4 Å². The normalized spacial score (nSPS) is 10.7. The fourth-order valence-electron chi connectivity index (χ4n) is 2.99. The summed E-state index contributed by atoms with van der Waals surface area (Å²) in [7, 11) is 0. The number of carbonyl (C=O) groups is 1. The van der Waals surface area contributed by atoms with E-state index in [1.165, 1.54) is 6.07 Å². The quantitative estimate of drug-likeness (QED) is 0.466. The van der Waals surface area contributed by atoms with Crippen molar-refractivity contribution in [1.29, 1.82) is 0 Å². The molecule has 0 aliphatic rings. The van der Waals surface area contributed by atoms with Gasteiger partial charge in [0.25, 0.3) is 0 Å². The molecule has 0 aliphatic carbocycles. The number of amides is 1. The fraction of sp³-hybridized carbons (Fsp3) is 0.174. The van der Waals surface area contributed by atoms with E-state index in [4.69, 9.17) is 23.2 Å². The summed E-state index contributed by atoms with van der Waals surface area (Å²) in [6.07, 6.45) is 0.828. The third-order valence-corrected chi connectivity index (χ3v) is 5.12. The molecule has 0 atom stereocenters. The molecule has 0 bridgehead atoms. The monoisotopic (exact) mass is 415 g/mol. The highest BCUT2D eigenvalue weighted by Gasteiger charge is 2.17. The van der Waals surface area contributed by atoms with Crippen molar-refractivity contribution in [2.75, 3.05) is 6.54 Å². The van der Waals surface area contributed by atoms with E-state index < -0.39 is 0 Å². The molecule has 0 saturated heterocycles. The van der Waals surface area contributed by atoms with Gasteiger partial charge in [-0.3, -0.25) is 4.79 Å². The third-order valence-electron chi connectivity index (χ3n) is 4.54. The molecule has 5 heteroatoms. The predicted molar refractivity (Wildman–Crippen MR) is 112 cm³/mol. The standard InChI is InChI=1S/C23H20Cl2FNO/c24-20-11-10-18(21(25)15-20)12-13-27(16-19-8-4-5-9-22(19)26)23(28)14-17-6-2-1-3-7-17/h1-11,15H,12-14,16H2. The second-order valence-electron chi connectivity index (χ2n) is 6.55. The van der Waals surface area contributed by atoms with Crippen LogP contribution in [0.15, 0.2) is 72.8 Å². The molecule has 0 spiro atoms. The Kier molecular flexibility index (Phi) is 7.07. The maximum Gasteiger partial charge on any atom is 0.227 e. The molecular formula is C23H20Cl2FNO. The first-order valence-electron chi connectivity index (χ1n) is 9.02. The van der Waals surface area contributed by atoms with Crippen LogP contribution in [0.4, 0.5) is 4.39 Å². The average Bonchev–Trinajstić information content (AvgIpc) is 2.68. The zero-order valence-corrected chi connectivity index (χ0v) is 16.8. The Balaban J connectivity index is 1.77. The lowest BCUT2D eigenvalue weighted by Crippen LogP contribution is -2.34. The van der Waals surface area contributed by atoms with E-state index in [2.05, 4.69) is 0 Å². The largest absolute Gasteiger partial charge is 0.338 e. The summed E-state index contributed by atoms with van der Waals surface area (Å²) >= 11 is 12.2. The second kappa shape index (κ2) is 9.72. The van der Waals surface area contributed by atoms with Crippen LogP contribution in [0.3, 0.4) is 0 Å². The van der Waals surface area contributed by atoms with Crippen LogP contribution in [0, 0.1) is 5.82 Å². The predicted octanol–water partition coefficient (Wildman–Crippen LogP) is 5.95. The highest BCUT2D eigenvalue weighted by atomic mass is 35.5. The zero-order valence-electron chi connectivity index (χ0n) is 15.2. The van der Waals surface area contributed by atoms with Crippen molar-refractivity contribution in [2.45, 2.75) is 19.4 Å². The van der Waals surface area contributed by atoms with Crippen molar-refractivity contribution >= 4 is 29.1 Å². The molecule has 2 nitrogen and oxygen atoms in total. The molecule has 0 N–H and O–H groups in total. The van der Waals surface area contributed by atoms with Crippen LogP contribution in [0.5, 0.6) is 0 Å². The van der Waals surface area contributed by atoms with Crippen LogP contribution in [-0.2, 0) is 24.2 Å². The van der Waals surface area contributed by atoms with Gasteiger partial charge < -0.3 is 4.90 Å². The molecule has 28 heavy (non-hydrogen) atoms. The summed E-state index contributed by atoms with van der Waals surface area (Å²) in [6.45, 7) is 0.644. The molecule has 3 aromatic carbocycles. The van der Waals surface area contributed by atoms with Gasteiger partial charge in [-0.05, 0) is 35.7 Å². The number of rotatable bonds is 7. The van der Waals surface area contributed by atoms with E-state index >= 15 is 0 Å². The van der Waals surface area contributed by atoms with E-state index in [-0.39, 0.29) is 24.7 Å². The van der Waals surface area contributed by atoms with Gasteiger partial charge in [-0.25, -0.2) is 4.39 Å². The van der Waals surface area contributed by atoms with E-state index in [1.54, 1.807) is 35.2 Å². The topological polar surface area (TPSA) is 20.3 Å². The summed E-state index contributed by atoms with van der Waals surface area (Å²) < 4.78 is 14.1. The summed E-state index contributed by atoms with van der Waals surface area (Å²) in [6, 6.07) is 21.4. The zero-order chi connectivity index (χ0) is 19.9. The van der Waals surface area contributed by atoms with Crippen LogP contribution >= 0.6 is 23.2 Å². The van der Waals surface area contributed by atoms with E-state index in [9.17, 15) is 9.18 Å². The molecule has 0 heterocycles. The molecule has 144 valence electrons. The molecule has 0 radical (unpaired) electrons. The van der Waals surface area contributed by atoms with Crippen molar-refractivity contribution < 1.29 is 9.18 Å². The van der Waals surface area contributed by atoms with Gasteiger partial charge in [-0.15, -0.1) is 0 Å². The van der Waals surface area contributed by atoms with Gasteiger partial charge in [0, 0.05) is 28.7 Å². The molecule has 0 saturated carbocycles. The van der Waals surface area contributed by atoms with E-state index in [1.807, 2.05) is 36.4 Å². The maximum atomic E-state index is 14.1. The molecular weight excluding hydrogens is 396 g/mol. The molecule has 0 aliphatic heterocycles. The van der Waals surface area contributed by atoms with Crippen LogP contribution < -0.4 is 0 Å². The van der Waals surface area contributed by atoms with E-state index in [0.717, 1.165) is 11.1 Å². The lowest BCUT2D eigenvalue weighted by Gasteiger charge is -2.24. The van der Waals surface area contributed by atoms with Gasteiger partial charge >= 0.3 is 0 Å². The smallest absolute Gasteiger partial charge is 0.227 e. The van der Waals surface area contributed by atoms with Crippen LogP contribution in [0.1, 0.15) is 16.7 Å². The maximum absolute atomic E-state index is 14.1. The van der Waals surface area contributed by atoms with Gasteiger partial charge in [-0.1, -0.05) is 77.8 Å². The Labute approximate surface area is 174 Å². The Bertz CT molecular complexity index is 946. The summed E-state index contributed by atoms with van der Waals surface area (Å²) in [5.41, 5.74) is 2.32. The molecule has 0 unspecified atom stereocenters. The van der Waals surface area contributed by atoms with Crippen molar-refractivity contribution in [3.63, 3.8) is 0 Å². The number of hydrogen-bond acceptors (Lipinski definition) is 1. The Morgan fingerprint density at radius 2 is 1.61 bits per heavy atom. The first-order valence-corrected chi connectivity index (χ1v) is 9.77. The van der Waals surface area contributed by atoms with Crippen molar-refractivity contribution in [2.24, 2.45) is 0 Å². The molecule has 0 aromatic heterocycles. The number of carbonyl (C=O) groups excluding carboxylic acids is 1. The summed E-state index contributed by atoms with van der Waals surface area (Å²) in [5.74, 6) is -0.371. The highest BCUT2D eigenvalue weighted by molar-refractivity contribution is 6.35. The first kappa shape index (κ1) is 20.4. The SMILES string of the molecule is O=C(Cc1ccccc1)N(CCc1ccc(Cl)cc1Cl)Cc1ccccc1F.